The Kier molecular flexibility index (Phi) is 4.82. The summed E-state index contributed by atoms with van der Waals surface area (Å²) in [4.78, 5) is 50.4. The van der Waals surface area contributed by atoms with Crippen molar-refractivity contribution < 1.29 is 19.3 Å². The highest BCUT2D eigenvalue weighted by molar-refractivity contribution is 6.36. The van der Waals surface area contributed by atoms with E-state index in [1.54, 1.807) is 24.3 Å². The molecule has 1 aliphatic heterocycles. The van der Waals surface area contributed by atoms with Crippen molar-refractivity contribution in [2.75, 3.05) is 10.2 Å². The maximum Gasteiger partial charge on any atom is 0.283 e. The largest absolute Gasteiger partial charge is 0.322 e. The Morgan fingerprint density at radius 1 is 0.935 bits per heavy atom. The number of nitrogens with zero attached hydrogens (tertiary/aromatic N) is 2. The summed E-state index contributed by atoms with van der Waals surface area (Å²) in [6, 6.07) is 15.6. The highest BCUT2D eigenvalue weighted by Crippen LogP contribution is 2.35. The van der Waals surface area contributed by atoms with Crippen molar-refractivity contribution in [3.05, 3.63) is 98.6 Å². The number of carbonyl (C=O) groups excluding carboxylic acids is 3. The second-order valence-corrected chi connectivity index (χ2v) is 7.25. The Balaban J connectivity index is 1.75. The number of carbonyl (C=O) groups is 3. The van der Waals surface area contributed by atoms with Crippen LogP contribution in [0.15, 0.2) is 60.7 Å². The van der Waals surface area contributed by atoms with E-state index in [4.69, 9.17) is 0 Å². The quantitative estimate of drug-likeness (QED) is 0.389. The fraction of sp³-hybridized carbons (Fsp3) is 0.0870. The van der Waals surface area contributed by atoms with Crippen LogP contribution in [0.3, 0.4) is 0 Å². The molecule has 1 heterocycles. The van der Waals surface area contributed by atoms with E-state index in [1.807, 2.05) is 19.9 Å². The van der Waals surface area contributed by atoms with Crippen LogP contribution >= 0.6 is 0 Å². The molecule has 4 rings (SSSR count). The van der Waals surface area contributed by atoms with Gasteiger partial charge in [-0.3, -0.25) is 24.5 Å². The van der Waals surface area contributed by atoms with Crippen molar-refractivity contribution in [3.63, 3.8) is 0 Å². The Labute approximate surface area is 177 Å². The van der Waals surface area contributed by atoms with E-state index >= 15 is 0 Å². The molecule has 0 aliphatic carbocycles. The summed E-state index contributed by atoms with van der Waals surface area (Å²) in [6.07, 6.45) is 0. The lowest BCUT2D eigenvalue weighted by Gasteiger charge is -2.18. The maximum absolute atomic E-state index is 13.0. The SMILES string of the molecule is Cc1cc(C)cc(NC(=O)c2ccccc2N2C(=O)c3cccc([N+](=O)[O-])c3C2=O)c1. The van der Waals surface area contributed by atoms with E-state index in [0.29, 0.717) is 5.69 Å². The standard InChI is InChI=1S/C23H17N3O5/c1-13-10-14(2)12-15(11-13)24-21(27)16-6-3-4-8-18(16)25-22(28)17-7-5-9-19(26(30)31)20(17)23(25)29/h3-12H,1-2H3,(H,24,27). The van der Waals surface area contributed by atoms with Crippen LogP contribution in [-0.2, 0) is 0 Å². The number of nitro benzene ring substituents is 1. The molecule has 154 valence electrons. The van der Waals surface area contributed by atoms with E-state index in [9.17, 15) is 24.5 Å². The van der Waals surface area contributed by atoms with Crippen molar-refractivity contribution in [2.45, 2.75) is 13.8 Å². The van der Waals surface area contributed by atoms with Crippen molar-refractivity contribution in [2.24, 2.45) is 0 Å². The first-order valence-corrected chi connectivity index (χ1v) is 9.43. The Morgan fingerprint density at radius 2 is 1.61 bits per heavy atom. The zero-order chi connectivity index (χ0) is 22.3. The third-order valence-corrected chi connectivity index (χ3v) is 4.96. The molecule has 0 unspecified atom stereocenters. The van der Waals surface area contributed by atoms with Crippen molar-refractivity contribution in [1.29, 1.82) is 0 Å². The average Bonchev–Trinajstić information content (AvgIpc) is 2.97. The average molecular weight is 415 g/mol. The van der Waals surface area contributed by atoms with Gasteiger partial charge in [0.05, 0.1) is 21.7 Å². The monoisotopic (exact) mass is 415 g/mol. The molecular weight excluding hydrogens is 398 g/mol. The molecule has 8 nitrogen and oxygen atoms in total. The van der Waals surface area contributed by atoms with Gasteiger partial charge in [-0.1, -0.05) is 24.3 Å². The predicted octanol–water partition coefficient (Wildman–Crippen LogP) is 4.26. The molecule has 0 radical (unpaired) electrons. The number of aryl methyl sites for hydroxylation is 2. The van der Waals surface area contributed by atoms with E-state index in [1.165, 1.54) is 30.3 Å². The first kappa shape index (κ1) is 20.0. The van der Waals surface area contributed by atoms with Crippen LogP contribution in [0.1, 0.15) is 42.2 Å². The Hall–Kier alpha value is -4.33. The molecule has 31 heavy (non-hydrogen) atoms. The molecule has 1 N–H and O–H groups in total. The van der Waals surface area contributed by atoms with Crippen molar-refractivity contribution in [3.8, 4) is 0 Å². The second kappa shape index (κ2) is 7.49. The van der Waals surface area contributed by atoms with Crippen LogP contribution < -0.4 is 10.2 Å². The van der Waals surface area contributed by atoms with Crippen LogP contribution in [0.5, 0.6) is 0 Å². The van der Waals surface area contributed by atoms with Gasteiger partial charge in [0.2, 0.25) is 0 Å². The smallest absolute Gasteiger partial charge is 0.283 e. The predicted molar refractivity (Wildman–Crippen MR) is 115 cm³/mol. The van der Waals surface area contributed by atoms with Gasteiger partial charge in [-0.15, -0.1) is 0 Å². The molecule has 1 aliphatic rings. The van der Waals surface area contributed by atoms with Gasteiger partial charge in [0, 0.05) is 11.8 Å². The van der Waals surface area contributed by atoms with Crippen LogP contribution in [-0.4, -0.2) is 22.6 Å². The maximum atomic E-state index is 13.0. The van der Waals surface area contributed by atoms with Crippen LogP contribution in [0.2, 0.25) is 0 Å². The van der Waals surface area contributed by atoms with Crippen LogP contribution in [0.25, 0.3) is 0 Å². The van der Waals surface area contributed by atoms with Crippen LogP contribution in [0, 0.1) is 24.0 Å². The lowest BCUT2D eigenvalue weighted by molar-refractivity contribution is -0.385. The van der Waals surface area contributed by atoms with Crippen LogP contribution in [0.4, 0.5) is 17.1 Å². The highest BCUT2D eigenvalue weighted by atomic mass is 16.6. The molecule has 3 aromatic carbocycles. The minimum Gasteiger partial charge on any atom is -0.322 e. The lowest BCUT2D eigenvalue weighted by Crippen LogP contribution is -2.31. The minimum absolute atomic E-state index is 0.0601. The lowest BCUT2D eigenvalue weighted by atomic mass is 10.1. The fourth-order valence-electron chi connectivity index (χ4n) is 3.74. The molecule has 0 fully saturated rings. The molecule has 0 aromatic heterocycles. The van der Waals surface area contributed by atoms with Gasteiger partial charge >= 0.3 is 0 Å². The number of hydrogen-bond donors (Lipinski definition) is 1. The summed E-state index contributed by atoms with van der Waals surface area (Å²) < 4.78 is 0. The van der Waals surface area contributed by atoms with E-state index < -0.39 is 28.3 Å². The molecule has 0 saturated carbocycles. The minimum atomic E-state index is -0.834. The van der Waals surface area contributed by atoms with E-state index in [0.717, 1.165) is 16.0 Å². The molecule has 0 spiro atoms. The zero-order valence-electron chi connectivity index (χ0n) is 16.7. The fourth-order valence-corrected chi connectivity index (χ4v) is 3.74. The molecule has 3 amide bonds. The normalized spacial score (nSPS) is 12.6. The highest BCUT2D eigenvalue weighted by Gasteiger charge is 2.42. The van der Waals surface area contributed by atoms with Gasteiger partial charge in [0.25, 0.3) is 23.4 Å². The van der Waals surface area contributed by atoms with Gasteiger partial charge in [0.1, 0.15) is 5.56 Å². The Bertz CT molecular complexity index is 1260. The number of fused-ring (bicyclic) bond motifs is 1. The summed E-state index contributed by atoms with van der Waals surface area (Å²) in [5.41, 5.74) is 1.88. The number of amides is 3. The Morgan fingerprint density at radius 3 is 2.29 bits per heavy atom. The summed E-state index contributed by atoms with van der Waals surface area (Å²) in [5, 5.41) is 14.1. The third-order valence-electron chi connectivity index (χ3n) is 4.96. The van der Waals surface area contributed by atoms with Crippen molar-refractivity contribution >= 4 is 34.8 Å². The summed E-state index contributed by atoms with van der Waals surface area (Å²) >= 11 is 0. The first-order valence-electron chi connectivity index (χ1n) is 9.43. The number of nitrogens with one attached hydrogen (secondary N) is 1. The summed E-state index contributed by atoms with van der Waals surface area (Å²) in [5.74, 6) is -2.05. The van der Waals surface area contributed by atoms with Gasteiger partial charge in [-0.2, -0.15) is 0 Å². The molecule has 8 heteroatoms. The molecule has 0 saturated heterocycles. The number of imide groups is 1. The third kappa shape index (κ3) is 3.44. The van der Waals surface area contributed by atoms with Crippen molar-refractivity contribution in [1.82, 2.24) is 0 Å². The number of para-hydroxylation sites is 1. The molecular formula is C23H17N3O5. The number of benzene rings is 3. The number of anilines is 2. The van der Waals surface area contributed by atoms with E-state index in [-0.39, 0.29) is 22.4 Å². The number of rotatable bonds is 4. The molecule has 0 atom stereocenters. The van der Waals surface area contributed by atoms with Gasteiger partial charge in [0.15, 0.2) is 0 Å². The van der Waals surface area contributed by atoms with Gasteiger partial charge in [-0.25, -0.2) is 4.90 Å². The topological polar surface area (TPSA) is 110 Å². The summed E-state index contributed by atoms with van der Waals surface area (Å²) in [6.45, 7) is 3.81. The number of nitro groups is 1. The summed E-state index contributed by atoms with van der Waals surface area (Å²) in [7, 11) is 0. The zero-order valence-corrected chi connectivity index (χ0v) is 16.7. The first-order chi connectivity index (χ1) is 14.8. The van der Waals surface area contributed by atoms with Gasteiger partial charge in [-0.05, 0) is 55.3 Å². The number of hydrogen-bond acceptors (Lipinski definition) is 5. The van der Waals surface area contributed by atoms with Gasteiger partial charge < -0.3 is 5.32 Å². The second-order valence-electron chi connectivity index (χ2n) is 7.25. The molecule has 3 aromatic rings. The molecule has 0 bridgehead atoms. The van der Waals surface area contributed by atoms with E-state index in [2.05, 4.69) is 5.32 Å².